The van der Waals surface area contributed by atoms with Gasteiger partial charge in [-0.25, -0.2) is 0 Å². The van der Waals surface area contributed by atoms with Crippen molar-refractivity contribution in [3.8, 4) is 0 Å². The number of aliphatic carboxylic acids is 1. The molecule has 0 aliphatic carbocycles. The summed E-state index contributed by atoms with van der Waals surface area (Å²) in [6.45, 7) is 0.722. The number of hydrogen-bond donors (Lipinski definition) is 2. The van der Waals surface area contributed by atoms with Crippen LogP contribution in [0.25, 0.3) is 0 Å². The van der Waals surface area contributed by atoms with Crippen LogP contribution in [-0.2, 0) is 4.79 Å². The van der Waals surface area contributed by atoms with E-state index in [1.165, 1.54) is 0 Å². The van der Waals surface area contributed by atoms with E-state index in [2.05, 4.69) is 0 Å². The zero-order valence-corrected chi connectivity index (χ0v) is 5.63. The molecule has 0 fully saturated rings. The third-order valence-electron chi connectivity index (χ3n) is 0.1000. The molecule has 0 saturated carbocycles. The summed E-state index contributed by atoms with van der Waals surface area (Å²) in [6.07, 6.45) is 0. The molecule has 50 valence electrons. The molecule has 0 saturated heterocycles. The summed E-state index contributed by atoms with van der Waals surface area (Å²) in [4.78, 5) is 8.89. The van der Waals surface area contributed by atoms with E-state index in [1.54, 1.807) is 0 Å². The van der Waals surface area contributed by atoms with Crippen LogP contribution in [0.15, 0.2) is 0 Å². The van der Waals surface area contributed by atoms with Gasteiger partial charge < -0.3 is 20.1 Å². The van der Waals surface area contributed by atoms with Gasteiger partial charge in [-0.05, 0) is 6.92 Å². The van der Waals surface area contributed by atoms with E-state index in [0.717, 1.165) is 6.92 Å². The Kier molecular flexibility index (Phi) is 27.9. The van der Waals surface area contributed by atoms with Gasteiger partial charge in [0.15, 0.2) is 0 Å². The normalized spacial score (nSPS) is 6.11. The van der Waals surface area contributed by atoms with Gasteiger partial charge in [0, 0.05) is 5.97 Å². The number of aliphatic hydroxyl groups is 2. The Balaban J connectivity index is -0.0000000720. The molecule has 0 radical (unpaired) electrons. The summed E-state index contributed by atoms with van der Waals surface area (Å²) in [5.41, 5.74) is 0. The molecule has 4 nitrogen and oxygen atoms in total. The molecule has 0 aromatic rings. The van der Waals surface area contributed by atoms with E-state index in [-0.39, 0.29) is 32.1 Å². The minimum absolute atomic E-state index is 0. The van der Waals surface area contributed by atoms with Gasteiger partial charge in [-0.15, -0.1) is 0 Å². The minimum atomic E-state index is -1.08. The summed E-state index contributed by atoms with van der Waals surface area (Å²) >= 11 is 0. The van der Waals surface area contributed by atoms with Crippen molar-refractivity contribution in [3.63, 3.8) is 0 Å². The van der Waals surface area contributed by atoms with Gasteiger partial charge in [-0.3, -0.25) is 0 Å². The monoisotopic (exact) mass is 128 g/mol. The average Bonchev–Trinajstić information content (AvgIpc) is 1.65. The van der Waals surface area contributed by atoms with Crippen LogP contribution in [0.3, 0.4) is 0 Å². The Labute approximate surface area is 65.7 Å². The number of carbonyl (C=O) groups is 1. The van der Waals surface area contributed by atoms with Crippen molar-refractivity contribution < 1.29 is 39.0 Å². The van der Waals surface area contributed by atoms with Gasteiger partial charge in [-0.2, -0.15) is 0 Å². The molecule has 9 heavy (non-hydrogen) atoms. The Morgan fingerprint density at radius 1 is 1.44 bits per heavy atom. The zero-order chi connectivity index (χ0) is 6.99. The number of carboxylic acid groups (broad SMARTS) is 1. The third-order valence-corrected chi connectivity index (χ3v) is 0.1000. The molecule has 0 spiro atoms. The molecular weight excluding hydrogens is 119 g/mol. The largest absolute Gasteiger partial charge is 1.00 e. The fourth-order valence-corrected chi connectivity index (χ4v) is 0. The first-order valence-electron chi connectivity index (χ1n) is 2.04. The Hall–Kier alpha value is -0.0126. The third kappa shape index (κ3) is 294. The standard InChI is InChI=1S/C2H4O2.C2H6O2.Li/c1-2(3)4;3-1-2-4;/h1H3,(H,3,4);3-4H,1-2H2;/q;;+1/p-1. The van der Waals surface area contributed by atoms with Crippen LogP contribution < -0.4 is 24.0 Å². The first kappa shape index (κ1) is 16.0. The van der Waals surface area contributed by atoms with E-state index in [0.29, 0.717) is 0 Å². The van der Waals surface area contributed by atoms with Crippen LogP contribution >= 0.6 is 0 Å². The second-order valence-corrected chi connectivity index (χ2v) is 0.939. The van der Waals surface area contributed by atoms with Crippen LogP contribution in [0.4, 0.5) is 0 Å². The van der Waals surface area contributed by atoms with E-state index in [9.17, 15) is 0 Å². The molecule has 0 aromatic carbocycles. The maximum Gasteiger partial charge on any atom is 1.00 e. The SMILES string of the molecule is CC(=O)[O-].OCCO.[Li+]. The molecule has 0 aliphatic rings. The molecule has 0 bridgehead atoms. The van der Waals surface area contributed by atoms with Crippen LogP contribution in [0.1, 0.15) is 6.92 Å². The minimum Gasteiger partial charge on any atom is -0.550 e. The second kappa shape index (κ2) is 15.7. The van der Waals surface area contributed by atoms with Crippen LogP contribution in [0.5, 0.6) is 0 Å². The van der Waals surface area contributed by atoms with Crippen molar-refractivity contribution in [3.05, 3.63) is 0 Å². The number of carbonyl (C=O) groups excluding carboxylic acids is 1. The quantitative estimate of drug-likeness (QED) is 0.346. The molecule has 0 aliphatic heterocycles. The van der Waals surface area contributed by atoms with Crippen molar-refractivity contribution in [1.29, 1.82) is 0 Å². The van der Waals surface area contributed by atoms with Crippen molar-refractivity contribution in [2.45, 2.75) is 6.92 Å². The van der Waals surface area contributed by atoms with Crippen molar-refractivity contribution in [2.24, 2.45) is 0 Å². The Morgan fingerprint density at radius 2 is 1.56 bits per heavy atom. The van der Waals surface area contributed by atoms with Gasteiger partial charge in [0.05, 0.1) is 13.2 Å². The first-order chi connectivity index (χ1) is 3.65. The molecule has 0 unspecified atom stereocenters. The molecule has 0 rings (SSSR count). The number of rotatable bonds is 1. The second-order valence-electron chi connectivity index (χ2n) is 0.939. The van der Waals surface area contributed by atoms with Crippen LogP contribution in [0, 0.1) is 0 Å². The summed E-state index contributed by atoms with van der Waals surface area (Å²) in [6, 6.07) is 0. The van der Waals surface area contributed by atoms with Gasteiger partial charge in [0.2, 0.25) is 0 Å². The van der Waals surface area contributed by atoms with Crippen molar-refractivity contribution in [2.75, 3.05) is 13.2 Å². The van der Waals surface area contributed by atoms with Gasteiger partial charge in [0.1, 0.15) is 0 Å². The molecule has 2 N–H and O–H groups in total. The molecule has 0 aromatic heterocycles. The Morgan fingerprint density at radius 3 is 1.56 bits per heavy atom. The fraction of sp³-hybridized carbons (Fsp3) is 0.750. The maximum atomic E-state index is 8.89. The average molecular weight is 128 g/mol. The van der Waals surface area contributed by atoms with Crippen LogP contribution in [0.2, 0.25) is 0 Å². The summed E-state index contributed by atoms with van der Waals surface area (Å²) < 4.78 is 0. The van der Waals surface area contributed by atoms with E-state index in [1.807, 2.05) is 0 Å². The predicted molar refractivity (Wildman–Crippen MR) is 24.9 cm³/mol. The topological polar surface area (TPSA) is 80.6 Å². The molecule has 5 heteroatoms. The molecule has 0 atom stereocenters. The molecular formula is C4H9LiO4. The number of hydrogen-bond acceptors (Lipinski definition) is 4. The Bertz CT molecular complexity index is 50.5. The first-order valence-corrected chi connectivity index (χ1v) is 2.04. The number of aliphatic hydroxyl groups excluding tert-OH is 2. The summed E-state index contributed by atoms with van der Waals surface area (Å²) in [5, 5.41) is 24.1. The van der Waals surface area contributed by atoms with E-state index in [4.69, 9.17) is 20.1 Å². The maximum absolute atomic E-state index is 8.89. The summed E-state index contributed by atoms with van der Waals surface area (Å²) in [5.74, 6) is -1.08. The predicted octanol–water partition coefficient (Wildman–Crippen LogP) is -5.27. The van der Waals surface area contributed by atoms with Crippen molar-refractivity contribution in [1.82, 2.24) is 0 Å². The summed E-state index contributed by atoms with van der Waals surface area (Å²) in [7, 11) is 0. The van der Waals surface area contributed by atoms with Gasteiger partial charge in [-0.1, -0.05) is 0 Å². The smallest absolute Gasteiger partial charge is 0.550 e. The van der Waals surface area contributed by atoms with Gasteiger partial charge in [0.25, 0.3) is 0 Å². The fourth-order valence-electron chi connectivity index (χ4n) is 0. The van der Waals surface area contributed by atoms with Crippen LogP contribution in [-0.4, -0.2) is 29.4 Å². The number of carboxylic acids is 1. The van der Waals surface area contributed by atoms with E-state index < -0.39 is 5.97 Å². The van der Waals surface area contributed by atoms with Crippen molar-refractivity contribution >= 4 is 5.97 Å². The zero-order valence-electron chi connectivity index (χ0n) is 5.63. The van der Waals surface area contributed by atoms with Gasteiger partial charge >= 0.3 is 18.9 Å². The molecule has 0 heterocycles. The van der Waals surface area contributed by atoms with E-state index >= 15 is 0 Å². The molecule has 0 amide bonds.